The van der Waals surface area contributed by atoms with Crippen LogP contribution in [0.25, 0.3) is 10.8 Å². The topological polar surface area (TPSA) is 61.2 Å². The van der Waals surface area contributed by atoms with Crippen LogP contribution < -0.4 is 0 Å². The molecule has 1 aliphatic rings. The van der Waals surface area contributed by atoms with Gasteiger partial charge in [-0.3, -0.25) is 9.59 Å². The van der Waals surface area contributed by atoms with E-state index < -0.39 is 0 Å². The van der Waals surface area contributed by atoms with Crippen LogP contribution in [-0.2, 0) is 16.0 Å². The second-order valence-corrected chi connectivity index (χ2v) is 7.70. The number of ketones is 1. The molecule has 150 valence electrons. The van der Waals surface area contributed by atoms with Crippen molar-refractivity contribution >= 4 is 22.5 Å². The average Bonchev–Trinajstić information content (AvgIpc) is 3.08. The van der Waals surface area contributed by atoms with Gasteiger partial charge in [0.1, 0.15) is 0 Å². The number of carbonyl (C=O) groups is 2. The van der Waals surface area contributed by atoms with Gasteiger partial charge in [-0.1, -0.05) is 61.4 Å². The number of hydrogen-bond donors (Lipinski definition) is 0. The standard InChI is InChI=1S/C25H28N2O2/c26-16-6-2-1-3-7-17-27-23(13-15-25(27)29)12-14-24(28)19-20-10-11-21-8-4-5-9-22(21)18-20/h4-5,8-12,14,18,23H,1-3,6-7,13,15,17,19H2/b14-12+. The lowest BCUT2D eigenvalue weighted by atomic mass is 10.0. The summed E-state index contributed by atoms with van der Waals surface area (Å²) >= 11 is 0. The number of rotatable bonds is 10. The molecule has 0 spiro atoms. The maximum atomic E-state index is 12.4. The summed E-state index contributed by atoms with van der Waals surface area (Å²) in [6, 6.07) is 16.5. The summed E-state index contributed by atoms with van der Waals surface area (Å²) < 4.78 is 0. The second kappa shape index (κ2) is 10.6. The molecule has 1 heterocycles. The number of hydrogen-bond acceptors (Lipinski definition) is 3. The number of nitrogens with zero attached hydrogens (tertiary/aromatic N) is 2. The van der Waals surface area contributed by atoms with Gasteiger partial charge in [0.25, 0.3) is 0 Å². The molecule has 1 amide bonds. The van der Waals surface area contributed by atoms with Crippen LogP contribution in [0.2, 0.25) is 0 Å². The van der Waals surface area contributed by atoms with Crippen LogP contribution >= 0.6 is 0 Å². The molecule has 0 radical (unpaired) electrons. The zero-order valence-corrected chi connectivity index (χ0v) is 16.8. The highest BCUT2D eigenvalue weighted by atomic mass is 16.2. The smallest absolute Gasteiger partial charge is 0.223 e. The van der Waals surface area contributed by atoms with Gasteiger partial charge in [0.15, 0.2) is 5.78 Å². The van der Waals surface area contributed by atoms with Crippen LogP contribution in [0.15, 0.2) is 54.6 Å². The summed E-state index contributed by atoms with van der Waals surface area (Å²) in [7, 11) is 0. The van der Waals surface area contributed by atoms with Gasteiger partial charge in [-0.25, -0.2) is 0 Å². The van der Waals surface area contributed by atoms with E-state index in [2.05, 4.69) is 30.3 Å². The lowest BCUT2D eigenvalue weighted by Gasteiger charge is -2.22. The zero-order chi connectivity index (χ0) is 20.5. The Bertz CT molecular complexity index is 926. The summed E-state index contributed by atoms with van der Waals surface area (Å²) in [5, 5.41) is 10.9. The molecular formula is C25H28N2O2. The fourth-order valence-corrected chi connectivity index (χ4v) is 3.91. The third-order valence-corrected chi connectivity index (χ3v) is 5.51. The molecular weight excluding hydrogens is 360 g/mol. The Balaban J connectivity index is 1.51. The molecule has 2 aromatic carbocycles. The molecule has 4 heteroatoms. The Kier molecular flexibility index (Phi) is 7.58. The van der Waals surface area contributed by atoms with Crippen molar-refractivity contribution in [3.05, 3.63) is 60.2 Å². The van der Waals surface area contributed by atoms with E-state index in [-0.39, 0.29) is 17.7 Å². The zero-order valence-electron chi connectivity index (χ0n) is 16.8. The number of fused-ring (bicyclic) bond motifs is 1. The van der Waals surface area contributed by atoms with Gasteiger partial charge in [-0.2, -0.15) is 5.26 Å². The Hall–Kier alpha value is -2.93. The summed E-state index contributed by atoms with van der Waals surface area (Å²) in [4.78, 5) is 26.5. The van der Waals surface area contributed by atoms with Crippen LogP contribution in [0.1, 0.15) is 50.5 Å². The molecule has 4 nitrogen and oxygen atoms in total. The first kappa shape index (κ1) is 20.8. The first-order valence-electron chi connectivity index (χ1n) is 10.5. The molecule has 0 N–H and O–H groups in total. The third-order valence-electron chi connectivity index (χ3n) is 5.51. The third kappa shape index (κ3) is 6.02. The molecule has 0 saturated carbocycles. The summed E-state index contributed by atoms with van der Waals surface area (Å²) in [5.41, 5.74) is 1.01. The normalized spacial score (nSPS) is 16.6. The molecule has 0 bridgehead atoms. The van der Waals surface area contributed by atoms with Gasteiger partial charge in [0.2, 0.25) is 5.91 Å². The number of benzene rings is 2. The van der Waals surface area contributed by atoms with Crippen molar-refractivity contribution in [3.63, 3.8) is 0 Å². The van der Waals surface area contributed by atoms with Crippen molar-refractivity contribution < 1.29 is 9.59 Å². The van der Waals surface area contributed by atoms with E-state index in [9.17, 15) is 9.59 Å². The van der Waals surface area contributed by atoms with Gasteiger partial charge in [0, 0.05) is 25.8 Å². The predicted molar refractivity (Wildman–Crippen MR) is 115 cm³/mol. The van der Waals surface area contributed by atoms with Crippen LogP contribution in [0.4, 0.5) is 0 Å². The maximum absolute atomic E-state index is 12.4. The van der Waals surface area contributed by atoms with Crippen molar-refractivity contribution in [2.24, 2.45) is 0 Å². The van der Waals surface area contributed by atoms with Crippen LogP contribution in [0.3, 0.4) is 0 Å². The lowest BCUT2D eigenvalue weighted by molar-refractivity contribution is -0.128. The van der Waals surface area contributed by atoms with Crippen molar-refractivity contribution in [1.29, 1.82) is 5.26 Å². The Morgan fingerprint density at radius 3 is 2.72 bits per heavy atom. The highest BCUT2D eigenvalue weighted by Gasteiger charge is 2.28. The first-order chi connectivity index (χ1) is 14.2. The molecule has 1 unspecified atom stereocenters. The van der Waals surface area contributed by atoms with Crippen molar-refractivity contribution in [2.75, 3.05) is 6.54 Å². The minimum Gasteiger partial charge on any atom is -0.336 e. The molecule has 1 saturated heterocycles. The average molecular weight is 389 g/mol. The van der Waals surface area contributed by atoms with E-state index >= 15 is 0 Å². The number of nitriles is 1. The fraction of sp³-hybridized carbons (Fsp3) is 0.400. The minimum absolute atomic E-state index is 0.0298. The van der Waals surface area contributed by atoms with Gasteiger partial charge in [-0.05, 0) is 41.7 Å². The molecule has 1 aliphatic heterocycles. The number of carbonyl (C=O) groups excluding carboxylic acids is 2. The van der Waals surface area contributed by atoms with Crippen LogP contribution in [-0.4, -0.2) is 29.2 Å². The van der Waals surface area contributed by atoms with Crippen molar-refractivity contribution in [3.8, 4) is 6.07 Å². The van der Waals surface area contributed by atoms with Gasteiger partial charge in [-0.15, -0.1) is 0 Å². The number of allylic oxidation sites excluding steroid dienone is 1. The first-order valence-corrected chi connectivity index (χ1v) is 10.5. The van der Waals surface area contributed by atoms with Gasteiger partial charge in [0.05, 0.1) is 12.1 Å². The Morgan fingerprint density at radius 1 is 1.10 bits per heavy atom. The lowest BCUT2D eigenvalue weighted by Crippen LogP contribution is -2.32. The summed E-state index contributed by atoms with van der Waals surface area (Å²) in [5.74, 6) is 0.245. The van der Waals surface area contributed by atoms with Crippen molar-refractivity contribution in [2.45, 2.75) is 57.4 Å². The Morgan fingerprint density at radius 2 is 1.90 bits per heavy atom. The van der Waals surface area contributed by atoms with E-state index in [1.165, 1.54) is 5.39 Å². The molecule has 29 heavy (non-hydrogen) atoms. The van der Waals surface area contributed by atoms with Gasteiger partial charge < -0.3 is 4.90 Å². The quantitative estimate of drug-likeness (QED) is 0.426. The highest BCUT2D eigenvalue weighted by molar-refractivity contribution is 5.93. The van der Waals surface area contributed by atoms with E-state index in [0.29, 0.717) is 19.3 Å². The van der Waals surface area contributed by atoms with E-state index in [0.717, 1.165) is 49.6 Å². The predicted octanol–water partition coefficient (Wildman–Crippen LogP) is 4.97. The molecule has 0 aliphatic carbocycles. The highest BCUT2D eigenvalue weighted by Crippen LogP contribution is 2.21. The SMILES string of the molecule is N#CCCCCCCN1C(=O)CCC1/C=C/C(=O)Cc1ccc2ccccc2c1. The van der Waals surface area contributed by atoms with E-state index in [1.54, 1.807) is 6.08 Å². The van der Waals surface area contributed by atoms with Crippen LogP contribution in [0, 0.1) is 11.3 Å². The number of amides is 1. The van der Waals surface area contributed by atoms with Gasteiger partial charge >= 0.3 is 0 Å². The summed E-state index contributed by atoms with van der Waals surface area (Å²) in [6.07, 6.45) is 9.82. The number of likely N-dealkylation sites (tertiary alicyclic amines) is 1. The largest absolute Gasteiger partial charge is 0.336 e. The Labute approximate surface area is 172 Å². The second-order valence-electron chi connectivity index (χ2n) is 7.70. The molecule has 1 fully saturated rings. The monoisotopic (exact) mass is 388 g/mol. The summed E-state index contributed by atoms with van der Waals surface area (Å²) in [6.45, 7) is 0.735. The van der Waals surface area contributed by atoms with E-state index in [1.807, 2.05) is 29.2 Å². The molecule has 1 atom stereocenters. The van der Waals surface area contributed by atoms with E-state index in [4.69, 9.17) is 5.26 Å². The fourth-order valence-electron chi connectivity index (χ4n) is 3.91. The minimum atomic E-state index is 0.0298. The molecule has 2 aromatic rings. The number of unbranched alkanes of at least 4 members (excludes halogenated alkanes) is 4. The molecule has 3 rings (SSSR count). The van der Waals surface area contributed by atoms with Crippen molar-refractivity contribution in [1.82, 2.24) is 4.90 Å². The maximum Gasteiger partial charge on any atom is 0.223 e. The van der Waals surface area contributed by atoms with Crippen LogP contribution in [0.5, 0.6) is 0 Å². The molecule has 0 aromatic heterocycles.